The van der Waals surface area contributed by atoms with E-state index in [2.05, 4.69) is 13.8 Å². The first kappa shape index (κ1) is 24.1. The van der Waals surface area contributed by atoms with Gasteiger partial charge in [0.05, 0.1) is 17.8 Å². The van der Waals surface area contributed by atoms with E-state index in [0.29, 0.717) is 32.1 Å². The average Bonchev–Trinajstić information content (AvgIpc) is 2.83. The molecule has 5 heteroatoms. The molecular formula is C22H40O5. The van der Waals surface area contributed by atoms with E-state index >= 15 is 0 Å². The zero-order valence-electron chi connectivity index (χ0n) is 17.3. The van der Waals surface area contributed by atoms with Crippen molar-refractivity contribution in [2.75, 3.05) is 0 Å². The molecule has 5 nitrogen and oxygen atoms in total. The Morgan fingerprint density at radius 3 is 2.52 bits per heavy atom. The second-order valence-corrected chi connectivity index (χ2v) is 8.74. The number of allylic oxidation sites excluding steroid dienone is 2. The predicted molar refractivity (Wildman–Crippen MR) is 107 cm³/mol. The highest BCUT2D eigenvalue weighted by atomic mass is 16.4. The third-order valence-corrected chi connectivity index (χ3v) is 5.99. The monoisotopic (exact) mass is 384 g/mol. The SMILES string of the molecule is CCCCCC(C)(O)CC(C)[C@@H]1[C@@H](C/C=C\CCCC(=O)O)[C@@H](O)C[C@H]1O. The molecule has 158 valence electrons. The van der Waals surface area contributed by atoms with Crippen molar-refractivity contribution in [2.24, 2.45) is 17.8 Å². The maximum atomic E-state index is 10.7. The van der Waals surface area contributed by atoms with Crippen molar-refractivity contribution in [3.05, 3.63) is 12.2 Å². The summed E-state index contributed by atoms with van der Waals surface area (Å²) in [6.07, 6.45) is 10.1. The van der Waals surface area contributed by atoms with Gasteiger partial charge < -0.3 is 20.4 Å². The first-order valence-corrected chi connectivity index (χ1v) is 10.6. The number of rotatable bonds is 13. The predicted octanol–water partition coefficient (Wildman–Crippen LogP) is 3.90. The largest absolute Gasteiger partial charge is 0.481 e. The van der Waals surface area contributed by atoms with Gasteiger partial charge in [0.1, 0.15) is 0 Å². The number of aliphatic hydroxyl groups is 3. The summed E-state index contributed by atoms with van der Waals surface area (Å²) in [7, 11) is 0. The minimum Gasteiger partial charge on any atom is -0.481 e. The van der Waals surface area contributed by atoms with E-state index in [1.54, 1.807) is 0 Å². The molecule has 0 aromatic rings. The number of carboxylic acid groups (broad SMARTS) is 1. The standard InChI is InChI=1S/C22H40O5/c1-4-5-10-13-22(3,27)15-16(2)21-17(18(23)14-19(21)24)11-8-6-7-9-12-20(25)26/h6,8,16-19,21,23-24,27H,4-5,7,9-15H2,1-3H3,(H,25,26)/b8-6-/t16?,17-,18-,19+,21+,22?/m0/s1. The van der Waals surface area contributed by atoms with Gasteiger partial charge in [-0.25, -0.2) is 0 Å². The Bertz CT molecular complexity index is 460. The maximum absolute atomic E-state index is 10.7. The van der Waals surface area contributed by atoms with Crippen LogP contribution >= 0.6 is 0 Å². The number of hydrogen-bond acceptors (Lipinski definition) is 4. The Morgan fingerprint density at radius 1 is 1.19 bits per heavy atom. The molecule has 0 spiro atoms. The summed E-state index contributed by atoms with van der Waals surface area (Å²) in [5, 5.41) is 40.3. The summed E-state index contributed by atoms with van der Waals surface area (Å²) in [6.45, 7) is 6.10. The molecule has 0 aliphatic heterocycles. The first-order valence-electron chi connectivity index (χ1n) is 10.6. The molecule has 1 saturated carbocycles. The van der Waals surface area contributed by atoms with Gasteiger partial charge in [0.25, 0.3) is 0 Å². The molecule has 1 fully saturated rings. The van der Waals surface area contributed by atoms with E-state index in [-0.39, 0.29) is 24.2 Å². The lowest BCUT2D eigenvalue weighted by atomic mass is 9.75. The minimum absolute atomic E-state index is 0.0165. The summed E-state index contributed by atoms with van der Waals surface area (Å²) in [4.78, 5) is 10.5. The van der Waals surface area contributed by atoms with Crippen molar-refractivity contribution in [3.63, 3.8) is 0 Å². The van der Waals surface area contributed by atoms with Crippen LogP contribution in [0.15, 0.2) is 12.2 Å². The molecule has 0 aromatic heterocycles. The van der Waals surface area contributed by atoms with Crippen molar-refractivity contribution in [2.45, 2.75) is 103 Å². The fourth-order valence-corrected chi connectivity index (χ4v) is 4.67. The zero-order valence-corrected chi connectivity index (χ0v) is 17.3. The molecule has 1 aliphatic carbocycles. The fourth-order valence-electron chi connectivity index (χ4n) is 4.67. The van der Waals surface area contributed by atoms with Crippen LogP contribution in [-0.2, 0) is 4.79 Å². The van der Waals surface area contributed by atoms with Gasteiger partial charge in [0.15, 0.2) is 0 Å². The number of carboxylic acids is 1. The van der Waals surface area contributed by atoms with Crippen LogP contribution in [0.3, 0.4) is 0 Å². The highest BCUT2D eigenvalue weighted by molar-refractivity contribution is 5.66. The lowest BCUT2D eigenvalue weighted by Gasteiger charge is -2.34. The summed E-state index contributed by atoms with van der Waals surface area (Å²) in [5.41, 5.74) is -0.737. The van der Waals surface area contributed by atoms with Gasteiger partial charge >= 0.3 is 5.97 Å². The highest BCUT2D eigenvalue weighted by Crippen LogP contribution is 2.42. The third-order valence-electron chi connectivity index (χ3n) is 5.99. The molecule has 2 unspecified atom stereocenters. The molecule has 4 N–H and O–H groups in total. The Balaban J connectivity index is 2.58. The molecular weight excluding hydrogens is 344 g/mol. The normalized spacial score (nSPS) is 29.1. The van der Waals surface area contributed by atoms with Crippen molar-refractivity contribution in [3.8, 4) is 0 Å². The van der Waals surface area contributed by atoms with E-state index < -0.39 is 23.8 Å². The molecule has 0 saturated heterocycles. The van der Waals surface area contributed by atoms with E-state index in [4.69, 9.17) is 5.11 Å². The number of aliphatic carboxylic acids is 1. The van der Waals surface area contributed by atoms with E-state index in [9.17, 15) is 20.1 Å². The molecule has 0 bridgehead atoms. The molecule has 0 amide bonds. The van der Waals surface area contributed by atoms with Crippen LogP contribution in [0.2, 0.25) is 0 Å². The van der Waals surface area contributed by atoms with Gasteiger partial charge in [-0.05, 0) is 63.2 Å². The van der Waals surface area contributed by atoms with Crippen LogP contribution in [0.25, 0.3) is 0 Å². The second kappa shape index (κ2) is 11.8. The number of hydrogen-bond donors (Lipinski definition) is 4. The van der Waals surface area contributed by atoms with E-state index in [1.165, 1.54) is 0 Å². The van der Waals surface area contributed by atoms with Crippen molar-refractivity contribution >= 4 is 5.97 Å². The van der Waals surface area contributed by atoms with E-state index in [1.807, 2.05) is 19.1 Å². The minimum atomic E-state index is -0.780. The second-order valence-electron chi connectivity index (χ2n) is 8.74. The lowest BCUT2D eigenvalue weighted by molar-refractivity contribution is -0.137. The lowest BCUT2D eigenvalue weighted by Crippen LogP contribution is -2.34. The Hall–Kier alpha value is -0.910. The summed E-state index contributed by atoms with van der Waals surface area (Å²) in [6, 6.07) is 0. The Kier molecular flexibility index (Phi) is 10.6. The molecule has 0 heterocycles. The molecule has 1 rings (SSSR count). The van der Waals surface area contributed by atoms with E-state index in [0.717, 1.165) is 25.7 Å². The molecule has 0 aromatic carbocycles. The maximum Gasteiger partial charge on any atom is 0.303 e. The topological polar surface area (TPSA) is 98.0 Å². The van der Waals surface area contributed by atoms with Crippen LogP contribution in [0.5, 0.6) is 0 Å². The van der Waals surface area contributed by atoms with Crippen molar-refractivity contribution in [1.29, 1.82) is 0 Å². The number of unbranched alkanes of at least 4 members (excludes halogenated alkanes) is 3. The average molecular weight is 385 g/mol. The Morgan fingerprint density at radius 2 is 1.89 bits per heavy atom. The summed E-state index contributed by atoms with van der Waals surface area (Å²) in [5.74, 6) is -0.699. The van der Waals surface area contributed by atoms with Crippen LogP contribution in [0, 0.1) is 17.8 Å². The molecule has 6 atom stereocenters. The molecule has 1 aliphatic rings. The van der Waals surface area contributed by atoms with Gasteiger partial charge in [-0.3, -0.25) is 4.79 Å². The molecule has 0 radical (unpaired) electrons. The van der Waals surface area contributed by atoms with Crippen molar-refractivity contribution < 1.29 is 25.2 Å². The van der Waals surface area contributed by atoms with Gasteiger partial charge in [-0.15, -0.1) is 0 Å². The van der Waals surface area contributed by atoms with Gasteiger partial charge in [0.2, 0.25) is 0 Å². The van der Waals surface area contributed by atoms with Gasteiger partial charge in [0, 0.05) is 6.42 Å². The summed E-state index contributed by atoms with van der Waals surface area (Å²) >= 11 is 0. The smallest absolute Gasteiger partial charge is 0.303 e. The first-order chi connectivity index (χ1) is 12.7. The Labute approximate surface area is 164 Å². The van der Waals surface area contributed by atoms with Crippen LogP contribution in [0.4, 0.5) is 0 Å². The third kappa shape index (κ3) is 8.75. The van der Waals surface area contributed by atoms with Gasteiger partial charge in [-0.2, -0.15) is 0 Å². The zero-order chi connectivity index (χ0) is 20.4. The van der Waals surface area contributed by atoms with Crippen LogP contribution < -0.4 is 0 Å². The summed E-state index contributed by atoms with van der Waals surface area (Å²) < 4.78 is 0. The fraction of sp³-hybridized carbons (Fsp3) is 0.864. The number of carbonyl (C=O) groups is 1. The van der Waals surface area contributed by atoms with Crippen molar-refractivity contribution in [1.82, 2.24) is 0 Å². The van der Waals surface area contributed by atoms with Gasteiger partial charge in [-0.1, -0.05) is 45.3 Å². The molecule has 27 heavy (non-hydrogen) atoms. The van der Waals surface area contributed by atoms with Crippen LogP contribution in [-0.4, -0.2) is 44.2 Å². The number of aliphatic hydroxyl groups excluding tert-OH is 2. The quantitative estimate of drug-likeness (QED) is 0.285. The highest BCUT2D eigenvalue weighted by Gasteiger charge is 2.44. The van der Waals surface area contributed by atoms with Crippen LogP contribution in [0.1, 0.15) is 85.0 Å².